The molecule has 0 bridgehead atoms. The largest absolute Gasteiger partial charge is 0.488 e. The number of nitrogen functional groups attached to an aromatic ring is 1. The molecule has 1 heterocycles. The molecule has 1 aliphatic carbocycles. The van der Waals surface area contributed by atoms with Crippen LogP contribution in [0.3, 0.4) is 0 Å². The maximum atomic E-state index is 9.70. The van der Waals surface area contributed by atoms with Crippen LogP contribution in [0.25, 0.3) is 17.2 Å². The van der Waals surface area contributed by atoms with E-state index in [1.165, 1.54) is 0 Å². The van der Waals surface area contributed by atoms with E-state index in [2.05, 4.69) is 33.1 Å². The Morgan fingerprint density at radius 3 is 2.50 bits per heavy atom. The summed E-state index contributed by atoms with van der Waals surface area (Å²) in [5.74, 6) is 0.887. The number of halogens is 1. The maximum absolute atomic E-state index is 9.70. The molecule has 0 aliphatic heterocycles. The van der Waals surface area contributed by atoms with Gasteiger partial charge in [0.25, 0.3) is 0 Å². The molecule has 1 aromatic heterocycles. The number of hydrogen-bond acceptors (Lipinski definition) is 5. The molecule has 156 valence electrons. The zero-order valence-corrected chi connectivity index (χ0v) is 19.2. The van der Waals surface area contributed by atoms with Crippen molar-refractivity contribution in [2.45, 2.75) is 20.5 Å². The molecule has 1 aliphatic rings. The highest BCUT2D eigenvalue weighted by Crippen LogP contribution is 2.44. The van der Waals surface area contributed by atoms with Gasteiger partial charge in [0.1, 0.15) is 30.3 Å². The number of anilines is 1. The number of nitrogens with zero attached hydrogens (tertiary/aromatic N) is 3. The minimum absolute atomic E-state index is 0.146. The number of rotatable bonds is 4. The van der Waals surface area contributed by atoms with Gasteiger partial charge in [-0.15, -0.1) is 0 Å². The van der Waals surface area contributed by atoms with Crippen molar-refractivity contribution in [3.8, 4) is 17.9 Å². The lowest BCUT2D eigenvalue weighted by atomic mass is 9.95. The molecule has 2 N–H and O–H groups in total. The van der Waals surface area contributed by atoms with Crippen molar-refractivity contribution in [3.63, 3.8) is 0 Å². The molecule has 0 fully saturated rings. The summed E-state index contributed by atoms with van der Waals surface area (Å²) >= 11 is 3.60. The van der Waals surface area contributed by atoms with Gasteiger partial charge >= 0.3 is 0 Å². The second-order valence-electron chi connectivity index (χ2n) is 7.47. The third kappa shape index (κ3) is 3.77. The van der Waals surface area contributed by atoms with Crippen LogP contribution in [0.1, 0.15) is 40.4 Å². The first-order valence-electron chi connectivity index (χ1n) is 9.94. The summed E-state index contributed by atoms with van der Waals surface area (Å²) in [6, 6.07) is 20.2. The van der Waals surface area contributed by atoms with Crippen LogP contribution in [-0.2, 0) is 6.61 Å². The van der Waals surface area contributed by atoms with Crippen LogP contribution in [0.2, 0.25) is 0 Å². The lowest BCUT2D eigenvalue weighted by Crippen LogP contribution is -2.03. The number of nitrogens with two attached hydrogens (primary N) is 1. The third-order valence-corrected chi connectivity index (χ3v) is 6.11. The summed E-state index contributed by atoms with van der Waals surface area (Å²) in [5.41, 5.74) is 12.5. The second kappa shape index (κ2) is 8.70. The van der Waals surface area contributed by atoms with E-state index in [1.54, 1.807) is 0 Å². The van der Waals surface area contributed by atoms with Gasteiger partial charge in [-0.1, -0.05) is 36.4 Å². The minimum Gasteiger partial charge on any atom is -0.488 e. The highest BCUT2D eigenvalue weighted by molar-refractivity contribution is 9.10. The molecule has 0 spiro atoms. The number of fused-ring (bicyclic) bond motifs is 1. The van der Waals surface area contributed by atoms with E-state index in [1.807, 2.05) is 68.5 Å². The highest BCUT2D eigenvalue weighted by atomic mass is 79.9. The molecule has 4 rings (SSSR count). The van der Waals surface area contributed by atoms with Crippen molar-refractivity contribution in [2.24, 2.45) is 0 Å². The number of pyridine rings is 1. The summed E-state index contributed by atoms with van der Waals surface area (Å²) in [7, 11) is 0. The summed E-state index contributed by atoms with van der Waals surface area (Å²) in [4.78, 5) is 4.37. The van der Waals surface area contributed by atoms with Crippen LogP contribution >= 0.6 is 15.9 Å². The Morgan fingerprint density at radius 2 is 1.84 bits per heavy atom. The Hall–Kier alpha value is -3.87. The average molecular weight is 483 g/mol. The van der Waals surface area contributed by atoms with Gasteiger partial charge in [0.05, 0.1) is 21.3 Å². The van der Waals surface area contributed by atoms with Crippen molar-refractivity contribution in [3.05, 3.63) is 92.1 Å². The summed E-state index contributed by atoms with van der Waals surface area (Å²) in [5, 5.41) is 19.2. The van der Waals surface area contributed by atoms with Gasteiger partial charge in [0.15, 0.2) is 0 Å². The number of benzene rings is 2. The fourth-order valence-electron chi connectivity index (χ4n) is 3.82. The predicted octanol–water partition coefficient (Wildman–Crippen LogP) is 6.04. The van der Waals surface area contributed by atoms with Crippen LogP contribution in [0, 0.1) is 29.6 Å². The molecule has 0 radical (unpaired) electrons. The van der Waals surface area contributed by atoms with E-state index in [0.717, 1.165) is 43.6 Å². The van der Waals surface area contributed by atoms with E-state index in [0.29, 0.717) is 23.4 Å². The van der Waals surface area contributed by atoms with E-state index >= 15 is 0 Å². The van der Waals surface area contributed by atoms with Crippen LogP contribution in [-0.4, -0.2) is 4.98 Å². The predicted molar refractivity (Wildman–Crippen MR) is 129 cm³/mol. The first-order chi connectivity index (χ1) is 15.4. The van der Waals surface area contributed by atoms with Crippen LogP contribution < -0.4 is 10.5 Å². The van der Waals surface area contributed by atoms with E-state index in [-0.39, 0.29) is 5.82 Å². The number of hydrogen-bond donors (Lipinski definition) is 1. The quantitative estimate of drug-likeness (QED) is 0.488. The van der Waals surface area contributed by atoms with Crippen molar-refractivity contribution in [1.82, 2.24) is 4.98 Å². The van der Waals surface area contributed by atoms with E-state index < -0.39 is 0 Å². The molecule has 0 unspecified atom stereocenters. The van der Waals surface area contributed by atoms with Gasteiger partial charge in [-0.3, -0.25) is 0 Å². The van der Waals surface area contributed by atoms with Gasteiger partial charge in [-0.05, 0) is 75.8 Å². The minimum atomic E-state index is 0.146. The molecule has 2 aromatic carbocycles. The van der Waals surface area contributed by atoms with Crippen LogP contribution in [0.4, 0.5) is 5.82 Å². The molecule has 5 nitrogen and oxygen atoms in total. The number of allylic oxidation sites excluding steroid dienone is 3. The number of ether oxygens (including phenoxy) is 1. The molecule has 32 heavy (non-hydrogen) atoms. The molecule has 0 saturated carbocycles. The van der Waals surface area contributed by atoms with Crippen molar-refractivity contribution < 1.29 is 4.74 Å². The van der Waals surface area contributed by atoms with Gasteiger partial charge < -0.3 is 10.5 Å². The first kappa shape index (κ1) is 21.4. The fourth-order valence-corrected chi connectivity index (χ4v) is 4.33. The van der Waals surface area contributed by atoms with Gasteiger partial charge in [-0.25, -0.2) is 4.98 Å². The molecule has 6 heteroatoms. The summed E-state index contributed by atoms with van der Waals surface area (Å²) < 4.78 is 6.77. The molecular formula is C26H19BrN4O. The SMILES string of the molecule is CC1=C(C#N)c2nc(N)c(C#N)c(C)c2C1=Cc1ccc(OCc2ccccc2)c(Br)c1. The second-order valence-corrected chi connectivity index (χ2v) is 8.32. The van der Waals surface area contributed by atoms with Crippen molar-refractivity contribution in [1.29, 1.82) is 10.5 Å². The molecule has 0 atom stereocenters. The van der Waals surface area contributed by atoms with Gasteiger partial charge in [-0.2, -0.15) is 10.5 Å². The lowest BCUT2D eigenvalue weighted by molar-refractivity contribution is 0.304. The molecule has 0 amide bonds. The fraction of sp³-hybridized carbons (Fsp3) is 0.115. The Labute approximate surface area is 195 Å². The van der Waals surface area contributed by atoms with E-state index in [4.69, 9.17) is 10.5 Å². The monoisotopic (exact) mass is 482 g/mol. The Balaban J connectivity index is 1.72. The third-order valence-electron chi connectivity index (χ3n) is 5.49. The number of nitriles is 2. The first-order valence-corrected chi connectivity index (χ1v) is 10.7. The highest BCUT2D eigenvalue weighted by Gasteiger charge is 2.29. The normalized spacial score (nSPS) is 13.6. The summed E-state index contributed by atoms with van der Waals surface area (Å²) in [6.45, 7) is 4.21. The summed E-state index contributed by atoms with van der Waals surface area (Å²) in [6.07, 6.45) is 2.00. The smallest absolute Gasteiger partial charge is 0.142 e. The Kier molecular flexibility index (Phi) is 5.81. The standard InChI is InChI=1S/C26H19BrN4O/c1-15-19(24-16(2)21(13-29)26(30)31-25(24)20(15)12-28)10-18-8-9-23(22(27)11-18)32-14-17-6-4-3-5-7-17/h3-11H,14H2,1-2H3,(H2,30,31). The van der Waals surface area contributed by atoms with Gasteiger partial charge in [0.2, 0.25) is 0 Å². The average Bonchev–Trinajstić information content (AvgIpc) is 3.04. The molecular weight excluding hydrogens is 464 g/mol. The van der Waals surface area contributed by atoms with Gasteiger partial charge in [0, 0.05) is 5.56 Å². The lowest BCUT2D eigenvalue weighted by Gasteiger charge is -2.12. The van der Waals surface area contributed by atoms with Crippen molar-refractivity contribution >= 4 is 39.0 Å². The number of aromatic nitrogens is 1. The Bertz CT molecular complexity index is 1380. The Morgan fingerprint density at radius 1 is 1.09 bits per heavy atom. The van der Waals surface area contributed by atoms with Crippen LogP contribution in [0.5, 0.6) is 5.75 Å². The zero-order valence-electron chi connectivity index (χ0n) is 17.6. The topological polar surface area (TPSA) is 95.7 Å². The van der Waals surface area contributed by atoms with E-state index in [9.17, 15) is 10.5 Å². The maximum Gasteiger partial charge on any atom is 0.142 e. The molecule has 3 aromatic rings. The van der Waals surface area contributed by atoms with Crippen LogP contribution in [0.15, 0.2) is 58.6 Å². The van der Waals surface area contributed by atoms with Crippen molar-refractivity contribution in [2.75, 3.05) is 5.73 Å². The molecule has 0 saturated heterocycles. The zero-order chi connectivity index (χ0) is 22.8.